The normalized spacial score (nSPS) is 11.3. The summed E-state index contributed by atoms with van der Waals surface area (Å²) in [6.45, 7) is 6.11. The molecule has 0 aliphatic rings. The first-order valence-corrected chi connectivity index (χ1v) is 11.1. The molecule has 0 atom stereocenters. The van der Waals surface area contributed by atoms with Crippen LogP contribution in [0, 0.1) is 20.8 Å². The monoisotopic (exact) mass is 446 g/mol. The van der Waals surface area contributed by atoms with Gasteiger partial charge in [-0.15, -0.1) is 0 Å². The highest BCUT2D eigenvalue weighted by molar-refractivity contribution is 7.89. The van der Waals surface area contributed by atoms with Gasteiger partial charge in [0.2, 0.25) is 10.0 Å². The van der Waals surface area contributed by atoms with Crippen LogP contribution in [-0.2, 0) is 10.0 Å². The van der Waals surface area contributed by atoms with Crippen molar-refractivity contribution in [1.29, 1.82) is 0 Å². The predicted molar refractivity (Wildman–Crippen MR) is 119 cm³/mol. The Bertz CT molecular complexity index is 1150. The largest absolute Gasteiger partial charge is 0.369 e. The lowest BCUT2D eigenvalue weighted by atomic mass is 10.2. The lowest BCUT2D eigenvalue weighted by Crippen LogP contribution is -2.29. The number of benzene rings is 1. The summed E-state index contributed by atoms with van der Waals surface area (Å²) in [6.07, 6.45) is 1.72. The number of aromatic nitrogens is 3. The van der Waals surface area contributed by atoms with E-state index < -0.39 is 10.0 Å². The number of nitrogens with zero attached hydrogens (tertiary/aromatic N) is 3. The standard InChI is InChI=1S/C20H23ClN6O2S/c1-13-6-7-22-18(10-13)27-20-12-19(25-15(3)26-20)23-8-9-24-30(28,29)16-5-4-14(2)17(21)11-16/h4-7,10-12,24H,8-9H2,1-3H3,(H2,22,23,25,26,27). The van der Waals surface area contributed by atoms with E-state index in [9.17, 15) is 8.42 Å². The molecule has 158 valence electrons. The Hall–Kier alpha value is -2.75. The Morgan fingerprint density at radius 3 is 2.43 bits per heavy atom. The van der Waals surface area contributed by atoms with E-state index in [-0.39, 0.29) is 11.4 Å². The number of sulfonamides is 1. The van der Waals surface area contributed by atoms with Crippen LogP contribution in [-0.4, -0.2) is 36.5 Å². The van der Waals surface area contributed by atoms with E-state index in [1.54, 1.807) is 25.3 Å². The van der Waals surface area contributed by atoms with Crippen LogP contribution < -0.4 is 15.4 Å². The van der Waals surface area contributed by atoms with E-state index in [4.69, 9.17) is 11.6 Å². The third kappa shape index (κ3) is 5.88. The van der Waals surface area contributed by atoms with Crippen molar-refractivity contribution in [1.82, 2.24) is 19.7 Å². The molecule has 2 heterocycles. The number of anilines is 3. The number of aryl methyl sites for hydroxylation is 3. The summed E-state index contributed by atoms with van der Waals surface area (Å²) in [5, 5.41) is 6.66. The van der Waals surface area contributed by atoms with Crippen LogP contribution in [0.25, 0.3) is 0 Å². The fourth-order valence-corrected chi connectivity index (χ4v) is 3.96. The summed E-state index contributed by atoms with van der Waals surface area (Å²) in [5.41, 5.74) is 1.90. The van der Waals surface area contributed by atoms with Gasteiger partial charge >= 0.3 is 0 Å². The molecule has 3 rings (SSSR count). The van der Waals surface area contributed by atoms with Crippen LogP contribution in [0.2, 0.25) is 5.02 Å². The van der Waals surface area contributed by atoms with Crippen molar-refractivity contribution >= 4 is 39.1 Å². The predicted octanol–water partition coefficient (Wildman–Crippen LogP) is 3.58. The number of hydrogen-bond acceptors (Lipinski definition) is 7. The van der Waals surface area contributed by atoms with E-state index in [2.05, 4.69) is 30.3 Å². The van der Waals surface area contributed by atoms with Crippen molar-refractivity contribution < 1.29 is 8.42 Å². The molecular formula is C20H23ClN6O2S. The van der Waals surface area contributed by atoms with Crippen LogP contribution in [0.15, 0.2) is 47.5 Å². The SMILES string of the molecule is Cc1ccnc(Nc2cc(NCCNS(=O)(=O)c3ccc(C)c(Cl)c3)nc(C)n2)c1. The zero-order valence-electron chi connectivity index (χ0n) is 16.9. The Morgan fingerprint density at radius 1 is 0.933 bits per heavy atom. The summed E-state index contributed by atoms with van der Waals surface area (Å²) in [5.74, 6) is 2.43. The first-order chi connectivity index (χ1) is 14.2. The summed E-state index contributed by atoms with van der Waals surface area (Å²) < 4.78 is 27.4. The van der Waals surface area contributed by atoms with Gasteiger partial charge < -0.3 is 10.6 Å². The highest BCUT2D eigenvalue weighted by atomic mass is 35.5. The Kier molecular flexibility index (Phi) is 6.86. The van der Waals surface area contributed by atoms with Crippen LogP contribution in [0.1, 0.15) is 17.0 Å². The molecule has 0 saturated carbocycles. The van der Waals surface area contributed by atoms with Gasteiger partial charge in [-0.2, -0.15) is 0 Å². The Morgan fingerprint density at radius 2 is 1.70 bits per heavy atom. The second-order valence-electron chi connectivity index (χ2n) is 6.76. The average Bonchev–Trinajstić information content (AvgIpc) is 2.67. The molecule has 0 unspecified atom stereocenters. The lowest BCUT2D eigenvalue weighted by Gasteiger charge is -2.11. The molecular weight excluding hydrogens is 424 g/mol. The molecule has 0 bridgehead atoms. The molecule has 0 saturated heterocycles. The molecule has 10 heteroatoms. The molecule has 0 fully saturated rings. The summed E-state index contributed by atoms with van der Waals surface area (Å²) in [6, 6.07) is 10.2. The highest BCUT2D eigenvalue weighted by Gasteiger charge is 2.14. The number of nitrogens with one attached hydrogen (secondary N) is 3. The first-order valence-electron chi connectivity index (χ1n) is 9.28. The van der Waals surface area contributed by atoms with Gasteiger partial charge in [0.05, 0.1) is 4.90 Å². The maximum absolute atomic E-state index is 12.4. The fourth-order valence-electron chi connectivity index (χ4n) is 2.66. The van der Waals surface area contributed by atoms with Gasteiger partial charge in [0, 0.05) is 30.4 Å². The van der Waals surface area contributed by atoms with Crippen LogP contribution in [0.3, 0.4) is 0 Å². The Labute approximate surface area is 181 Å². The Balaban J connectivity index is 1.59. The fraction of sp³-hybridized carbons (Fsp3) is 0.250. The third-order valence-corrected chi connectivity index (χ3v) is 6.05. The third-order valence-electron chi connectivity index (χ3n) is 4.19. The molecule has 0 spiro atoms. The first kappa shape index (κ1) is 21.9. The molecule has 8 nitrogen and oxygen atoms in total. The van der Waals surface area contributed by atoms with E-state index in [1.807, 2.05) is 26.0 Å². The molecule has 30 heavy (non-hydrogen) atoms. The van der Waals surface area contributed by atoms with Crippen LogP contribution in [0.4, 0.5) is 17.5 Å². The zero-order chi connectivity index (χ0) is 21.7. The second kappa shape index (κ2) is 9.38. The molecule has 0 aliphatic carbocycles. The van der Waals surface area contributed by atoms with E-state index in [0.717, 1.165) is 11.1 Å². The van der Waals surface area contributed by atoms with Crippen molar-refractivity contribution in [2.75, 3.05) is 23.7 Å². The maximum Gasteiger partial charge on any atom is 0.240 e. The van der Waals surface area contributed by atoms with Crippen LogP contribution >= 0.6 is 11.6 Å². The van der Waals surface area contributed by atoms with Gasteiger partial charge in [-0.3, -0.25) is 0 Å². The highest BCUT2D eigenvalue weighted by Crippen LogP contribution is 2.20. The number of rotatable bonds is 8. The minimum atomic E-state index is -3.64. The summed E-state index contributed by atoms with van der Waals surface area (Å²) >= 11 is 6.03. The molecule has 0 amide bonds. The second-order valence-corrected chi connectivity index (χ2v) is 8.94. The number of halogens is 1. The summed E-state index contributed by atoms with van der Waals surface area (Å²) in [7, 11) is -3.64. The van der Waals surface area contributed by atoms with Gasteiger partial charge in [-0.1, -0.05) is 17.7 Å². The average molecular weight is 447 g/mol. The lowest BCUT2D eigenvalue weighted by molar-refractivity contribution is 0.583. The quantitative estimate of drug-likeness (QED) is 0.453. The molecule has 0 aliphatic heterocycles. The van der Waals surface area contributed by atoms with Crippen molar-refractivity contribution in [2.24, 2.45) is 0 Å². The van der Waals surface area contributed by atoms with Gasteiger partial charge in [0.15, 0.2) is 0 Å². The van der Waals surface area contributed by atoms with Gasteiger partial charge in [0.25, 0.3) is 0 Å². The molecule has 3 N–H and O–H groups in total. The minimum Gasteiger partial charge on any atom is -0.369 e. The topological polar surface area (TPSA) is 109 Å². The van der Waals surface area contributed by atoms with Crippen molar-refractivity contribution in [3.8, 4) is 0 Å². The van der Waals surface area contributed by atoms with Gasteiger partial charge in [-0.05, 0) is 56.2 Å². The van der Waals surface area contributed by atoms with E-state index >= 15 is 0 Å². The van der Waals surface area contributed by atoms with Crippen molar-refractivity contribution in [2.45, 2.75) is 25.7 Å². The smallest absolute Gasteiger partial charge is 0.240 e. The minimum absolute atomic E-state index is 0.133. The molecule has 1 aromatic carbocycles. The maximum atomic E-state index is 12.4. The van der Waals surface area contributed by atoms with Crippen molar-refractivity contribution in [3.05, 3.63) is 64.6 Å². The number of hydrogen-bond donors (Lipinski definition) is 3. The number of pyridine rings is 1. The van der Waals surface area contributed by atoms with Crippen molar-refractivity contribution in [3.63, 3.8) is 0 Å². The van der Waals surface area contributed by atoms with Gasteiger partial charge in [-0.25, -0.2) is 28.1 Å². The van der Waals surface area contributed by atoms with Gasteiger partial charge in [0.1, 0.15) is 23.3 Å². The zero-order valence-corrected chi connectivity index (χ0v) is 18.5. The molecule has 3 aromatic rings. The molecule has 0 radical (unpaired) electrons. The van der Waals surface area contributed by atoms with Crippen LogP contribution in [0.5, 0.6) is 0 Å². The van der Waals surface area contributed by atoms with E-state index in [0.29, 0.717) is 34.8 Å². The molecule has 2 aromatic heterocycles. The van der Waals surface area contributed by atoms with E-state index in [1.165, 1.54) is 12.1 Å². The summed E-state index contributed by atoms with van der Waals surface area (Å²) in [4.78, 5) is 13.1.